The number of hydrogen-bond acceptors (Lipinski definition) is 21. The summed E-state index contributed by atoms with van der Waals surface area (Å²) in [6, 6.07) is 15.2. The molecule has 25 heteroatoms. The van der Waals surface area contributed by atoms with Crippen molar-refractivity contribution in [2.45, 2.75) is 123 Å². The summed E-state index contributed by atoms with van der Waals surface area (Å²) in [6.07, 6.45) is 1.39. The first-order valence-electron chi connectivity index (χ1n) is 25.8. The van der Waals surface area contributed by atoms with Crippen molar-refractivity contribution in [2.75, 3.05) is 101 Å². The van der Waals surface area contributed by atoms with Gasteiger partial charge in [0.15, 0.2) is 0 Å². The number of rotatable bonds is 30. The zero-order valence-corrected chi connectivity index (χ0v) is 49.3. The number of esters is 2. The first-order valence-corrected chi connectivity index (χ1v) is 26.9. The van der Waals surface area contributed by atoms with E-state index < -0.39 is 37.3 Å². The van der Waals surface area contributed by atoms with Gasteiger partial charge in [0.1, 0.15) is 28.5 Å². The van der Waals surface area contributed by atoms with Crippen LogP contribution in [0, 0.1) is 0 Å². The predicted octanol–water partition coefficient (Wildman–Crippen LogP) is 2.65. The highest BCUT2D eigenvalue weighted by Crippen LogP contribution is 2.29. The van der Waals surface area contributed by atoms with Crippen molar-refractivity contribution in [3.05, 3.63) is 71.3 Å². The van der Waals surface area contributed by atoms with Crippen LogP contribution in [0.15, 0.2) is 54.6 Å². The number of aliphatic carboxylic acids is 1. The summed E-state index contributed by atoms with van der Waals surface area (Å²) in [5.41, 5.74) is 15.3. The van der Waals surface area contributed by atoms with Crippen LogP contribution in [0.5, 0.6) is 17.2 Å². The molecule has 0 aliphatic rings. The van der Waals surface area contributed by atoms with Crippen LogP contribution in [0.3, 0.4) is 0 Å². The number of methoxy groups -OCH3 is 3. The normalized spacial score (nSPS) is 12.1. The van der Waals surface area contributed by atoms with E-state index in [1.54, 1.807) is 53.2 Å². The number of carbonyl (C=O) groups excluding carboxylic acids is 2. The van der Waals surface area contributed by atoms with E-state index in [1.165, 1.54) is 0 Å². The highest BCUT2D eigenvalue weighted by Gasteiger charge is 2.26. The minimum atomic E-state index is -0.940. The van der Waals surface area contributed by atoms with Gasteiger partial charge in [0.05, 0.1) is 73.6 Å². The predicted molar refractivity (Wildman–Crippen MR) is 311 cm³/mol. The van der Waals surface area contributed by atoms with Crippen molar-refractivity contribution in [3.63, 3.8) is 0 Å². The fraction of sp³-hybridized carbons (Fsp3) is 0.604. The highest BCUT2D eigenvalue weighted by molar-refractivity contribution is 9.09. The molecule has 0 radical (unpaired) electrons. The van der Waals surface area contributed by atoms with E-state index in [2.05, 4.69) is 26.4 Å². The molecule has 0 spiro atoms. The van der Waals surface area contributed by atoms with Crippen molar-refractivity contribution >= 4 is 65.0 Å². The average molecular weight is 1170 g/mol. The Morgan fingerprint density at radius 1 is 0.590 bits per heavy atom. The second kappa shape index (κ2) is 39.4. The van der Waals surface area contributed by atoms with Gasteiger partial charge < -0.3 is 96.1 Å². The topological polar surface area (TPSA) is 342 Å². The molecule has 22 nitrogen and oxygen atoms in total. The zero-order chi connectivity index (χ0) is 59.6. The molecule has 14 N–H and O–H groups in total. The molecule has 3 atom stereocenters. The molecule has 0 unspecified atom stereocenters. The largest absolute Gasteiger partial charge is 0.496 e. The van der Waals surface area contributed by atoms with Crippen molar-refractivity contribution < 1.29 is 78.8 Å². The number of nitrogen functional groups attached to an aromatic ring is 1. The van der Waals surface area contributed by atoms with Crippen molar-refractivity contribution in [2.24, 2.45) is 5.73 Å². The van der Waals surface area contributed by atoms with Crippen LogP contribution in [0.2, 0.25) is 13.6 Å². The first kappa shape index (κ1) is 73.1. The molecule has 0 amide bonds. The van der Waals surface area contributed by atoms with E-state index >= 15 is 0 Å². The molecule has 0 saturated carbocycles. The summed E-state index contributed by atoms with van der Waals surface area (Å²) in [5, 5.41) is 79.5. The summed E-state index contributed by atoms with van der Waals surface area (Å²) in [6.45, 7) is 15.8. The number of aliphatic hydroxyl groups is 5. The van der Waals surface area contributed by atoms with Crippen LogP contribution in [-0.2, 0) is 43.1 Å². The Labute approximate surface area is 471 Å². The van der Waals surface area contributed by atoms with Gasteiger partial charge in [0.2, 0.25) is 0 Å². The van der Waals surface area contributed by atoms with Gasteiger partial charge in [0.25, 0.3) is 0 Å². The number of alkyl halides is 1. The van der Waals surface area contributed by atoms with Gasteiger partial charge in [-0.2, -0.15) is 0 Å². The molecule has 442 valence electrons. The lowest BCUT2D eigenvalue weighted by atomic mass is 9.85. The summed E-state index contributed by atoms with van der Waals surface area (Å²) in [4.78, 5) is 38.8. The third kappa shape index (κ3) is 32.9. The molecule has 3 aromatic carbocycles. The van der Waals surface area contributed by atoms with Crippen LogP contribution < -0.4 is 45.9 Å². The molecular formula is C53H91B2BrN6O16. The van der Waals surface area contributed by atoms with Gasteiger partial charge in [0, 0.05) is 66.7 Å². The van der Waals surface area contributed by atoms with Gasteiger partial charge in [-0.25, -0.2) is 0 Å². The number of halogens is 1. The molecule has 3 aromatic rings. The standard InChI is InChI=1S/C20H35BN2O6.C16H27BN2O4.C15H24N2O5.C2H5BrO/c1-20(2,3)29-19(26)14-16(22-21(4)27)12-15-13-17(6-7-18(15)28-5)23(8-10-24)9-11-25;1-16(2,3)23-15(20)10-13(19-17(4)21)9-11-8-12(18)6-7-14(11)22-5;1-22-14-3-2-13(17(4-6-18)5-7-19)9-11(14)8-12(16)10-15(20)21;3-1-2-4/h6-7,13,16,22,24-25,27H,8-12,14H2,1-5H3;6-8,13,19,21H,9-10,18H2,1-5H3;2-3,9,12,18-19H,4-8,10,16H2,1H3,(H,20,21);4H,1-2H2/t16-;13-;12-;/m000./s1. The number of carbonyl (C=O) groups is 3. The summed E-state index contributed by atoms with van der Waals surface area (Å²) in [5.74, 6) is 0.373. The minimum absolute atomic E-state index is 0.0279. The molecule has 0 aromatic heterocycles. The van der Waals surface area contributed by atoms with Gasteiger partial charge >= 0.3 is 32.0 Å². The summed E-state index contributed by atoms with van der Waals surface area (Å²) in [7, 11) is 3.16. The van der Waals surface area contributed by atoms with E-state index in [4.69, 9.17) is 55.6 Å². The molecule has 0 aliphatic heterocycles. The van der Waals surface area contributed by atoms with E-state index in [1.807, 2.05) is 87.7 Å². The molecule has 3 rings (SSSR count). The Hall–Kier alpha value is -4.92. The third-order valence-electron chi connectivity index (χ3n) is 10.6. The second-order valence-corrected chi connectivity index (χ2v) is 20.8. The van der Waals surface area contributed by atoms with Gasteiger partial charge in [-0.1, -0.05) is 15.9 Å². The van der Waals surface area contributed by atoms with Crippen LogP contribution in [0.1, 0.15) is 77.5 Å². The van der Waals surface area contributed by atoms with Gasteiger partial charge in [-0.3, -0.25) is 14.4 Å². The molecule has 0 heterocycles. The Morgan fingerprint density at radius 2 is 0.923 bits per heavy atom. The number of nitrogens with two attached hydrogens (primary N) is 2. The molecule has 78 heavy (non-hydrogen) atoms. The number of ether oxygens (including phenoxy) is 5. The lowest BCUT2D eigenvalue weighted by Crippen LogP contribution is -2.43. The van der Waals surface area contributed by atoms with Crippen LogP contribution in [0.4, 0.5) is 17.1 Å². The van der Waals surface area contributed by atoms with E-state index in [9.17, 15) is 34.6 Å². The molecule has 0 fully saturated rings. The maximum atomic E-state index is 12.3. The monoisotopic (exact) mass is 1170 g/mol. The minimum Gasteiger partial charge on any atom is -0.496 e. The number of aliphatic hydroxyl groups excluding tert-OH is 5. The van der Waals surface area contributed by atoms with Crippen LogP contribution in [-0.4, -0.2) is 188 Å². The van der Waals surface area contributed by atoms with Gasteiger partial charge in [-0.05, 0) is 146 Å². The fourth-order valence-corrected chi connectivity index (χ4v) is 7.76. The van der Waals surface area contributed by atoms with Crippen LogP contribution in [0.25, 0.3) is 0 Å². The average Bonchev–Trinajstić information content (AvgIpc) is 3.32. The Balaban J connectivity index is 0.00000111. The number of nitrogens with zero attached hydrogens (tertiary/aromatic N) is 2. The van der Waals surface area contributed by atoms with Crippen molar-refractivity contribution in [1.29, 1.82) is 0 Å². The van der Waals surface area contributed by atoms with Gasteiger partial charge in [-0.15, -0.1) is 0 Å². The quantitative estimate of drug-likeness (QED) is 0.0198. The van der Waals surface area contributed by atoms with E-state index in [0.29, 0.717) is 73.7 Å². The number of anilines is 3. The lowest BCUT2D eigenvalue weighted by Gasteiger charge is -2.26. The smallest absolute Gasteiger partial charge is 0.373 e. The molecular weight excluding hydrogens is 1080 g/mol. The Kier molecular flexibility index (Phi) is 37.0. The number of carboxylic acid groups (broad SMARTS) is 1. The highest BCUT2D eigenvalue weighted by atomic mass is 79.9. The maximum Gasteiger partial charge on any atom is 0.373 e. The molecule has 0 aliphatic carbocycles. The molecule has 0 saturated heterocycles. The zero-order valence-electron chi connectivity index (χ0n) is 47.7. The van der Waals surface area contributed by atoms with Crippen LogP contribution >= 0.6 is 15.9 Å². The number of hydrogen-bond donors (Lipinski definition) is 12. The maximum absolute atomic E-state index is 12.3. The third-order valence-corrected chi connectivity index (χ3v) is 11.0. The SMILES string of the molecule is COc1ccc(N(CCO)CCO)cc1C[C@@H](CC(=O)OC(C)(C)C)NB(C)O.COc1ccc(N(CCO)CCO)cc1C[C@H](N)CC(=O)O.COc1ccc(N)cc1C[C@@H](CC(=O)OC(C)(C)C)NB(C)O.OCCBr. The molecule has 0 bridgehead atoms. The Bertz CT molecular complexity index is 2140. The number of nitrogens with one attached hydrogen (secondary N) is 2. The van der Waals surface area contributed by atoms with Crippen molar-refractivity contribution in [3.8, 4) is 17.2 Å². The first-order chi connectivity index (χ1) is 36.6. The fourth-order valence-electron chi connectivity index (χ4n) is 7.76. The van der Waals surface area contributed by atoms with E-state index in [-0.39, 0.29) is 76.3 Å². The second-order valence-electron chi connectivity index (χ2n) is 20.0. The number of carboxylic acids is 1. The number of benzene rings is 3. The Morgan fingerprint density at radius 3 is 1.22 bits per heavy atom. The lowest BCUT2D eigenvalue weighted by molar-refractivity contribution is -0.156. The van der Waals surface area contributed by atoms with Crippen molar-refractivity contribution in [1.82, 2.24) is 10.5 Å². The van der Waals surface area contributed by atoms with E-state index in [0.717, 1.165) is 28.1 Å². The summed E-state index contributed by atoms with van der Waals surface area (Å²) >= 11 is 3.00. The summed E-state index contributed by atoms with van der Waals surface area (Å²) < 4.78 is 26.8.